The first-order chi connectivity index (χ1) is 6.68. The highest BCUT2D eigenvalue weighted by atomic mass is 32.1. The van der Waals surface area contributed by atoms with E-state index in [0.717, 1.165) is 11.7 Å². The smallest absolute Gasteiger partial charge is 0.166 e. The molecule has 80 valence electrons. The average molecular weight is 212 g/mol. The Morgan fingerprint density at radius 1 is 1.36 bits per heavy atom. The molecule has 0 aromatic heterocycles. The second-order valence-corrected chi connectivity index (χ2v) is 4.53. The number of allylic oxidation sites excluding steroid dienone is 1. The first kappa shape index (κ1) is 11.5. The van der Waals surface area contributed by atoms with E-state index in [1.165, 1.54) is 31.3 Å². The molecule has 0 aliphatic heterocycles. The second-order valence-electron chi connectivity index (χ2n) is 4.12. The van der Waals surface area contributed by atoms with Crippen LogP contribution < -0.4 is 10.6 Å². The van der Waals surface area contributed by atoms with E-state index < -0.39 is 0 Å². The molecule has 1 fully saturated rings. The van der Waals surface area contributed by atoms with Crippen LogP contribution in [0.5, 0.6) is 0 Å². The number of thiocarbonyl (C=S) groups is 1. The van der Waals surface area contributed by atoms with Gasteiger partial charge in [0, 0.05) is 12.6 Å². The van der Waals surface area contributed by atoms with E-state index >= 15 is 0 Å². The maximum atomic E-state index is 5.19. The standard InChI is InChI=1S/C11H20N2S/c1-9(2)7-8-12-11(14)13-10-5-3-4-6-10/h7,10H,3-6,8H2,1-2H3,(H2,12,13,14). The van der Waals surface area contributed by atoms with Crippen LogP contribution in [0.2, 0.25) is 0 Å². The van der Waals surface area contributed by atoms with Gasteiger partial charge in [-0.25, -0.2) is 0 Å². The second kappa shape index (κ2) is 6.02. The van der Waals surface area contributed by atoms with Gasteiger partial charge in [0.25, 0.3) is 0 Å². The molecule has 0 aromatic rings. The van der Waals surface area contributed by atoms with Crippen LogP contribution in [0.1, 0.15) is 39.5 Å². The molecule has 0 amide bonds. The van der Waals surface area contributed by atoms with E-state index in [-0.39, 0.29) is 0 Å². The van der Waals surface area contributed by atoms with Crippen molar-refractivity contribution < 1.29 is 0 Å². The molecule has 2 nitrogen and oxygen atoms in total. The van der Waals surface area contributed by atoms with Crippen molar-refractivity contribution in [2.75, 3.05) is 6.54 Å². The van der Waals surface area contributed by atoms with Crippen LogP contribution in [-0.2, 0) is 0 Å². The molecule has 1 rings (SSSR count). The molecular formula is C11H20N2S. The molecule has 14 heavy (non-hydrogen) atoms. The molecule has 0 radical (unpaired) electrons. The summed E-state index contributed by atoms with van der Waals surface area (Å²) in [6.45, 7) is 5.02. The number of hydrogen-bond donors (Lipinski definition) is 2. The number of rotatable bonds is 3. The first-order valence-corrected chi connectivity index (χ1v) is 5.77. The van der Waals surface area contributed by atoms with Crippen molar-refractivity contribution in [1.29, 1.82) is 0 Å². The van der Waals surface area contributed by atoms with Crippen molar-refractivity contribution in [2.45, 2.75) is 45.6 Å². The molecule has 0 aromatic carbocycles. The van der Waals surface area contributed by atoms with Gasteiger partial charge in [0.05, 0.1) is 0 Å². The lowest BCUT2D eigenvalue weighted by molar-refractivity contribution is 0.624. The highest BCUT2D eigenvalue weighted by Crippen LogP contribution is 2.17. The van der Waals surface area contributed by atoms with E-state index in [2.05, 4.69) is 30.6 Å². The fourth-order valence-electron chi connectivity index (χ4n) is 1.65. The largest absolute Gasteiger partial charge is 0.360 e. The van der Waals surface area contributed by atoms with Gasteiger partial charge in [-0.2, -0.15) is 0 Å². The van der Waals surface area contributed by atoms with Crippen LogP contribution >= 0.6 is 12.2 Å². The van der Waals surface area contributed by atoms with Gasteiger partial charge in [-0.05, 0) is 38.9 Å². The van der Waals surface area contributed by atoms with Gasteiger partial charge in [0.15, 0.2) is 5.11 Å². The minimum absolute atomic E-state index is 0.613. The molecule has 0 atom stereocenters. The molecule has 1 aliphatic rings. The Balaban J connectivity index is 2.12. The van der Waals surface area contributed by atoms with E-state index in [1.807, 2.05) is 0 Å². The fraction of sp³-hybridized carbons (Fsp3) is 0.727. The van der Waals surface area contributed by atoms with Crippen molar-refractivity contribution in [3.63, 3.8) is 0 Å². The van der Waals surface area contributed by atoms with Crippen LogP contribution in [0.4, 0.5) is 0 Å². The molecule has 1 saturated carbocycles. The molecule has 0 spiro atoms. The summed E-state index contributed by atoms with van der Waals surface area (Å²) in [6.07, 6.45) is 7.36. The van der Waals surface area contributed by atoms with Crippen molar-refractivity contribution >= 4 is 17.3 Å². The normalized spacial score (nSPS) is 16.4. The van der Waals surface area contributed by atoms with Crippen molar-refractivity contribution in [2.24, 2.45) is 0 Å². The Kier molecular flexibility index (Phi) is 4.94. The fourth-order valence-corrected chi connectivity index (χ4v) is 1.90. The zero-order valence-electron chi connectivity index (χ0n) is 9.10. The minimum atomic E-state index is 0.613. The van der Waals surface area contributed by atoms with Crippen LogP contribution in [-0.4, -0.2) is 17.7 Å². The lowest BCUT2D eigenvalue weighted by Crippen LogP contribution is -2.40. The van der Waals surface area contributed by atoms with Gasteiger partial charge in [-0.1, -0.05) is 24.5 Å². The minimum Gasteiger partial charge on any atom is -0.360 e. The zero-order valence-corrected chi connectivity index (χ0v) is 9.91. The Bertz CT molecular complexity index is 213. The van der Waals surface area contributed by atoms with Crippen molar-refractivity contribution in [3.05, 3.63) is 11.6 Å². The number of hydrogen-bond acceptors (Lipinski definition) is 1. The zero-order chi connectivity index (χ0) is 10.4. The van der Waals surface area contributed by atoms with Gasteiger partial charge in [-0.3, -0.25) is 0 Å². The summed E-state index contributed by atoms with van der Waals surface area (Å²) in [4.78, 5) is 0. The summed E-state index contributed by atoms with van der Waals surface area (Å²) in [5, 5.41) is 7.33. The van der Waals surface area contributed by atoms with E-state index in [1.54, 1.807) is 0 Å². The highest BCUT2D eigenvalue weighted by Gasteiger charge is 2.14. The first-order valence-electron chi connectivity index (χ1n) is 5.36. The molecular weight excluding hydrogens is 192 g/mol. The molecule has 1 aliphatic carbocycles. The summed E-state index contributed by atoms with van der Waals surface area (Å²) in [6, 6.07) is 0.613. The summed E-state index contributed by atoms with van der Waals surface area (Å²) >= 11 is 5.19. The topological polar surface area (TPSA) is 24.1 Å². The van der Waals surface area contributed by atoms with Gasteiger partial charge < -0.3 is 10.6 Å². The third-order valence-corrected chi connectivity index (χ3v) is 2.73. The van der Waals surface area contributed by atoms with Gasteiger partial charge in [0.2, 0.25) is 0 Å². The summed E-state index contributed by atoms with van der Waals surface area (Å²) in [5.41, 5.74) is 1.32. The molecule has 0 bridgehead atoms. The van der Waals surface area contributed by atoms with E-state index in [9.17, 15) is 0 Å². The molecule has 3 heteroatoms. The lowest BCUT2D eigenvalue weighted by Gasteiger charge is -2.14. The third kappa shape index (κ3) is 4.61. The van der Waals surface area contributed by atoms with E-state index in [4.69, 9.17) is 12.2 Å². The van der Waals surface area contributed by atoms with Gasteiger partial charge in [-0.15, -0.1) is 0 Å². The SMILES string of the molecule is CC(C)=CCNC(=S)NC1CCCC1. The summed E-state index contributed by atoms with van der Waals surface area (Å²) < 4.78 is 0. The Morgan fingerprint density at radius 3 is 2.57 bits per heavy atom. The Hall–Kier alpha value is -0.570. The predicted octanol–water partition coefficient (Wildman–Crippen LogP) is 2.36. The molecule has 0 heterocycles. The van der Waals surface area contributed by atoms with Crippen molar-refractivity contribution in [3.8, 4) is 0 Å². The summed E-state index contributed by atoms with van der Waals surface area (Å²) in [7, 11) is 0. The van der Waals surface area contributed by atoms with Crippen LogP contribution in [0, 0.1) is 0 Å². The maximum absolute atomic E-state index is 5.19. The van der Waals surface area contributed by atoms with E-state index in [0.29, 0.717) is 6.04 Å². The van der Waals surface area contributed by atoms with Crippen LogP contribution in [0.15, 0.2) is 11.6 Å². The molecule has 0 unspecified atom stereocenters. The molecule has 0 saturated heterocycles. The quantitative estimate of drug-likeness (QED) is 0.555. The van der Waals surface area contributed by atoms with Gasteiger partial charge >= 0.3 is 0 Å². The highest BCUT2D eigenvalue weighted by molar-refractivity contribution is 7.80. The lowest BCUT2D eigenvalue weighted by atomic mass is 10.2. The monoisotopic (exact) mass is 212 g/mol. The Morgan fingerprint density at radius 2 is 2.00 bits per heavy atom. The van der Waals surface area contributed by atoms with Crippen LogP contribution in [0.3, 0.4) is 0 Å². The van der Waals surface area contributed by atoms with Crippen LogP contribution in [0.25, 0.3) is 0 Å². The maximum Gasteiger partial charge on any atom is 0.166 e. The Labute approximate surface area is 92.2 Å². The van der Waals surface area contributed by atoms with Gasteiger partial charge in [0.1, 0.15) is 0 Å². The summed E-state index contributed by atoms with van der Waals surface area (Å²) in [5.74, 6) is 0. The molecule has 2 N–H and O–H groups in total. The average Bonchev–Trinajstić information content (AvgIpc) is 2.56. The van der Waals surface area contributed by atoms with Crippen molar-refractivity contribution in [1.82, 2.24) is 10.6 Å². The predicted molar refractivity (Wildman–Crippen MR) is 65.4 cm³/mol. The third-order valence-electron chi connectivity index (χ3n) is 2.46. The number of nitrogens with one attached hydrogen (secondary N) is 2.